The zero-order valence-electron chi connectivity index (χ0n) is 18.5. The fourth-order valence-electron chi connectivity index (χ4n) is 3.70. The van der Waals surface area contributed by atoms with Crippen LogP contribution in [0.2, 0.25) is 0 Å². The quantitative estimate of drug-likeness (QED) is 0.330. The van der Waals surface area contributed by atoms with Crippen LogP contribution in [0, 0.1) is 10.1 Å². The number of non-ortho nitro benzene ring substituents is 1. The Morgan fingerprint density at radius 1 is 1.24 bits per heavy atom. The van der Waals surface area contributed by atoms with Gasteiger partial charge in [-0.1, -0.05) is 19.1 Å². The highest BCUT2D eigenvalue weighted by Gasteiger charge is 2.33. The molecule has 2 aromatic carbocycles. The maximum Gasteiger partial charge on any atom is 0.417 e. The number of carbonyl (C=O) groups excluding carboxylic acids is 3. The number of nitrogens with one attached hydrogen (secondary N) is 1. The summed E-state index contributed by atoms with van der Waals surface area (Å²) < 4.78 is 5.16. The van der Waals surface area contributed by atoms with Crippen LogP contribution >= 0.6 is 0 Å². The van der Waals surface area contributed by atoms with Crippen molar-refractivity contribution in [1.29, 1.82) is 0 Å². The summed E-state index contributed by atoms with van der Waals surface area (Å²) in [5, 5.41) is 13.3. The summed E-state index contributed by atoms with van der Waals surface area (Å²) in [4.78, 5) is 48.8. The minimum absolute atomic E-state index is 0.109. The summed E-state index contributed by atoms with van der Waals surface area (Å²) in [5.41, 5.74) is 2.44. The normalized spacial score (nSPS) is 13.3. The predicted molar refractivity (Wildman–Crippen MR) is 122 cm³/mol. The SMILES string of the molecule is C=C(C)C(CCC(=O)CC)N1Cc2cc(NC(=O)Oc3ccc([N+](=O)[O-])cc3)ccc2C1=O. The summed E-state index contributed by atoms with van der Waals surface area (Å²) in [5.74, 6) is 0.164. The number of carbonyl (C=O) groups is 3. The van der Waals surface area contributed by atoms with E-state index in [4.69, 9.17) is 4.74 Å². The number of amides is 2. The zero-order valence-corrected chi connectivity index (χ0v) is 18.5. The van der Waals surface area contributed by atoms with E-state index in [1.165, 1.54) is 24.3 Å². The van der Waals surface area contributed by atoms with Gasteiger partial charge in [-0.2, -0.15) is 0 Å². The Labute approximate surface area is 191 Å². The molecular formula is C24H25N3O6. The Balaban J connectivity index is 1.67. The van der Waals surface area contributed by atoms with Gasteiger partial charge in [0.25, 0.3) is 11.6 Å². The summed E-state index contributed by atoms with van der Waals surface area (Å²) >= 11 is 0. The molecule has 1 aliphatic rings. The molecule has 0 saturated carbocycles. The molecule has 1 atom stereocenters. The summed E-state index contributed by atoms with van der Waals surface area (Å²) in [6.07, 6.45) is 0.606. The van der Waals surface area contributed by atoms with Crippen LogP contribution in [0.5, 0.6) is 5.75 Å². The average molecular weight is 451 g/mol. The maximum atomic E-state index is 12.9. The van der Waals surface area contributed by atoms with Crippen LogP contribution in [0.25, 0.3) is 0 Å². The highest BCUT2D eigenvalue weighted by Crippen LogP contribution is 2.30. The van der Waals surface area contributed by atoms with Gasteiger partial charge in [0.1, 0.15) is 11.5 Å². The van der Waals surface area contributed by atoms with Gasteiger partial charge >= 0.3 is 6.09 Å². The first-order valence-corrected chi connectivity index (χ1v) is 10.5. The van der Waals surface area contributed by atoms with Gasteiger partial charge in [-0.3, -0.25) is 25.0 Å². The monoisotopic (exact) mass is 451 g/mol. The zero-order chi connectivity index (χ0) is 24.1. The molecule has 1 aliphatic heterocycles. The van der Waals surface area contributed by atoms with Crippen LogP contribution in [0.4, 0.5) is 16.2 Å². The average Bonchev–Trinajstić information content (AvgIpc) is 3.09. The summed E-state index contributed by atoms with van der Waals surface area (Å²) in [6.45, 7) is 8.00. The fraction of sp³-hybridized carbons (Fsp3) is 0.292. The van der Waals surface area contributed by atoms with Crippen LogP contribution in [-0.4, -0.2) is 33.6 Å². The van der Waals surface area contributed by atoms with Gasteiger partial charge in [0.05, 0.1) is 11.0 Å². The first-order valence-electron chi connectivity index (χ1n) is 10.5. The highest BCUT2D eigenvalue weighted by molar-refractivity contribution is 5.99. The largest absolute Gasteiger partial charge is 0.417 e. The third-order valence-corrected chi connectivity index (χ3v) is 5.48. The number of fused-ring (bicyclic) bond motifs is 1. The first-order chi connectivity index (χ1) is 15.7. The van der Waals surface area contributed by atoms with Crippen molar-refractivity contribution in [3.63, 3.8) is 0 Å². The van der Waals surface area contributed by atoms with Gasteiger partial charge in [0.2, 0.25) is 0 Å². The number of rotatable bonds is 9. The van der Waals surface area contributed by atoms with E-state index in [2.05, 4.69) is 11.9 Å². The summed E-state index contributed by atoms with van der Waals surface area (Å²) in [6, 6.07) is 9.85. The minimum atomic E-state index is -0.761. The fourth-order valence-corrected chi connectivity index (χ4v) is 3.70. The number of hydrogen-bond donors (Lipinski definition) is 1. The minimum Gasteiger partial charge on any atom is -0.410 e. The predicted octanol–water partition coefficient (Wildman–Crippen LogP) is 4.87. The number of benzene rings is 2. The Bertz CT molecular complexity index is 1110. The highest BCUT2D eigenvalue weighted by atomic mass is 16.6. The molecule has 2 amide bonds. The Morgan fingerprint density at radius 3 is 2.55 bits per heavy atom. The van der Waals surface area contributed by atoms with Gasteiger partial charge in [-0.05, 0) is 49.2 Å². The van der Waals surface area contributed by atoms with Gasteiger partial charge in [-0.25, -0.2) is 4.79 Å². The van der Waals surface area contributed by atoms with Crippen molar-refractivity contribution in [1.82, 2.24) is 4.90 Å². The van der Waals surface area contributed by atoms with Gasteiger partial charge in [0, 0.05) is 42.8 Å². The van der Waals surface area contributed by atoms with Crippen LogP contribution in [0.3, 0.4) is 0 Å². The third-order valence-electron chi connectivity index (χ3n) is 5.48. The molecular weight excluding hydrogens is 426 g/mol. The second-order valence-electron chi connectivity index (χ2n) is 7.86. The van der Waals surface area contributed by atoms with Crippen molar-refractivity contribution in [2.75, 3.05) is 5.32 Å². The van der Waals surface area contributed by atoms with E-state index in [0.717, 1.165) is 11.1 Å². The standard InChI is InChI=1S/C24H25N3O6/c1-4-19(28)8-12-22(15(2)3)26-14-16-13-17(5-11-21(16)23(26)29)25-24(30)33-20-9-6-18(7-10-20)27(31)32/h5-7,9-11,13,22H,2,4,8,12,14H2,1,3H3,(H,25,30). The van der Waals surface area contributed by atoms with Gasteiger partial charge in [-0.15, -0.1) is 0 Å². The number of hydrogen-bond acceptors (Lipinski definition) is 6. The molecule has 1 N–H and O–H groups in total. The number of Topliss-reactive ketones (excluding diaryl/α,β-unsaturated/α-hetero) is 1. The molecule has 1 heterocycles. The molecule has 0 aromatic heterocycles. The molecule has 0 saturated heterocycles. The van der Waals surface area contributed by atoms with E-state index in [9.17, 15) is 24.5 Å². The molecule has 0 spiro atoms. The van der Waals surface area contributed by atoms with Crippen LogP contribution in [0.15, 0.2) is 54.6 Å². The Hall–Kier alpha value is -4.01. The van der Waals surface area contributed by atoms with Gasteiger partial charge in [0.15, 0.2) is 0 Å². The third kappa shape index (κ3) is 5.62. The number of nitro benzene ring substituents is 1. The maximum absolute atomic E-state index is 12.9. The first kappa shape index (κ1) is 23.6. The molecule has 9 heteroatoms. The second-order valence-corrected chi connectivity index (χ2v) is 7.86. The lowest BCUT2D eigenvalue weighted by atomic mass is 10.0. The number of ether oxygens (including phenoxy) is 1. The van der Waals surface area contributed by atoms with Crippen molar-refractivity contribution >= 4 is 29.2 Å². The molecule has 0 fully saturated rings. The van der Waals surface area contributed by atoms with Crippen molar-refractivity contribution in [3.8, 4) is 5.75 Å². The second kappa shape index (κ2) is 10.1. The molecule has 0 radical (unpaired) electrons. The molecule has 3 rings (SSSR count). The van der Waals surface area contributed by atoms with Crippen molar-refractivity contribution < 1.29 is 24.0 Å². The Morgan fingerprint density at radius 2 is 1.94 bits per heavy atom. The molecule has 2 aromatic rings. The van der Waals surface area contributed by atoms with Crippen LogP contribution in [-0.2, 0) is 11.3 Å². The van der Waals surface area contributed by atoms with Crippen LogP contribution in [0.1, 0.15) is 49.0 Å². The number of anilines is 1. The van der Waals surface area contributed by atoms with Crippen LogP contribution < -0.4 is 10.1 Å². The van der Waals surface area contributed by atoms with E-state index >= 15 is 0 Å². The van der Waals surface area contributed by atoms with E-state index in [1.54, 1.807) is 23.1 Å². The number of nitrogens with zero attached hydrogens (tertiary/aromatic N) is 2. The summed E-state index contributed by atoms with van der Waals surface area (Å²) in [7, 11) is 0. The number of ketones is 1. The van der Waals surface area contributed by atoms with E-state index in [0.29, 0.717) is 37.1 Å². The molecule has 172 valence electrons. The van der Waals surface area contributed by atoms with Crippen molar-refractivity contribution in [2.24, 2.45) is 0 Å². The lowest BCUT2D eigenvalue weighted by Crippen LogP contribution is -2.36. The van der Waals surface area contributed by atoms with Crippen molar-refractivity contribution in [2.45, 2.75) is 45.7 Å². The van der Waals surface area contributed by atoms with Crippen molar-refractivity contribution in [3.05, 3.63) is 75.9 Å². The van der Waals surface area contributed by atoms with Gasteiger partial charge < -0.3 is 9.64 Å². The smallest absolute Gasteiger partial charge is 0.410 e. The molecule has 1 unspecified atom stereocenters. The molecule has 33 heavy (non-hydrogen) atoms. The lowest BCUT2D eigenvalue weighted by molar-refractivity contribution is -0.384. The molecule has 9 nitrogen and oxygen atoms in total. The topological polar surface area (TPSA) is 119 Å². The lowest BCUT2D eigenvalue weighted by Gasteiger charge is -2.28. The Kier molecular flexibility index (Phi) is 7.22. The number of nitro groups is 1. The molecule has 0 aliphatic carbocycles. The van der Waals surface area contributed by atoms with E-state index in [1.807, 2.05) is 13.8 Å². The molecule has 0 bridgehead atoms. The van der Waals surface area contributed by atoms with E-state index < -0.39 is 11.0 Å². The van der Waals surface area contributed by atoms with E-state index in [-0.39, 0.29) is 29.2 Å².